The van der Waals surface area contributed by atoms with Gasteiger partial charge in [-0.3, -0.25) is 9.89 Å². The van der Waals surface area contributed by atoms with Crippen molar-refractivity contribution in [1.82, 2.24) is 19.4 Å². The number of aromatic nitrogens is 2. The number of carbonyl (C=O) groups is 1. The zero-order valence-electron chi connectivity index (χ0n) is 11.6. The second-order valence-electron chi connectivity index (χ2n) is 5.13. The molecule has 1 aromatic carbocycles. The lowest BCUT2D eigenvalue weighted by Gasteiger charge is -2.33. The van der Waals surface area contributed by atoms with Crippen LogP contribution in [0.15, 0.2) is 24.4 Å². The first-order valence-electron chi connectivity index (χ1n) is 6.63. The number of sulfonamides is 1. The molecule has 0 radical (unpaired) electrons. The van der Waals surface area contributed by atoms with Gasteiger partial charge in [-0.15, -0.1) is 0 Å². The first kappa shape index (κ1) is 14.0. The number of fused-ring (bicyclic) bond motifs is 1. The van der Waals surface area contributed by atoms with Gasteiger partial charge in [0.25, 0.3) is 5.91 Å². The first-order valence-corrected chi connectivity index (χ1v) is 8.47. The highest BCUT2D eigenvalue weighted by atomic mass is 32.2. The molecule has 21 heavy (non-hydrogen) atoms. The van der Waals surface area contributed by atoms with Crippen molar-refractivity contribution in [3.63, 3.8) is 0 Å². The number of rotatable bonds is 2. The standard InChI is InChI=1S/C13H16N4O3S/c1-21(19,20)17-6-4-16(5-7-17)13(18)10-2-3-11-9-14-15-12(11)8-10/h2-3,8-9H,4-7H2,1H3,(H,14,15). The van der Waals surface area contributed by atoms with Crippen molar-refractivity contribution < 1.29 is 13.2 Å². The lowest BCUT2D eigenvalue weighted by Crippen LogP contribution is -2.50. The van der Waals surface area contributed by atoms with Crippen LogP contribution in [0.1, 0.15) is 10.4 Å². The average molecular weight is 308 g/mol. The molecule has 7 nitrogen and oxygen atoms in total. The maximum atomic E-state index is 12.4. The molecule has 1 N–H and O–H groups in total. The van der Waals surface area contributed by atoms with Gasteiger partial charge in [-0.05, 0) is 12.1 Å². The number of aromatic amines is 1. The van der Waals surface area contributed by atoms with Crippen LogP contribution in [0, 0.1) is 0 Å². The van der Waals surface area contributed by atoms with Gasteiger partial charge in [-0.1, -0.05) is 6.07 Å². The van der Waals surface area contributed by atoms with Crippen LogP contribution < -0.4 is 0 Å². The number of carbonyl (C=O) groups excluding carboxylic acids is 1. The normalized spacial score (nSPS) is 17.3. The third-order valence-corrected chi connectivity index (χ3v) is 4.99. The molecule has 0 unspecified atom stereocenters. The van der Waals surface area contributed by atoms with Crippen molar-refractivity contribution in [3.8, 4) is 0 Å². The Kier molecular flexibility index (Phi) is 3.42. The van der Waals surface area contributed by atoms with Gasteiger partial charge < -0.3 is 4.90 Å². The molecule has 0 spiro atoms. The van der Waals surface area contributed by atoms with Crippen LogP contribution >= 0.6 is 0 Å². The minimum Gasteiger partial charge on any atom is -0.336 e. The van der Waals surface area contributed by atoms with Crippen molar-refractivity contribution >= 4 is 26.8 Å². The van der Waals surface area contributed by atoms with E-state index in [9.17, 15) is 13.2 Å². The second kappa shape index (κ2) is 5.12. The summed E-state index contributed by atoms with van der Waals surface area (Å²) in [5, 5.41) is 7.72. The number of hydrogen-bond acceptors (Lipinski definition) is 4. The van der Waals surface area contributed by atoms with Crippen LogP contribution in [0.4, 0.5) is 0 Å². The molecule has 1 aliphatic rings. The third-order valence-electron chi connectivity index (χ3n) is 3.68. The van der Waals surface area contributed by atoms with E-state index >= 15 is 0 Å². The molecule has 112 valence electrons. The molecule has 1 saturated heterocycles. The van der Waals surface area contributed by atoms with Crippen molar-refractivity contribution in [3.05, 3.63) is 30.0 Å². The number of benzene rings is 1. The Morgan fingerprint density at radius 2 is 1.95 bits per heavy atom. The topological polar surface area (TPSA) is 86.4 Å². The van der Waals surface area contributed by atoms with E-state index in [1.54, 1.807) is 23.2 Å². The Balaban J connectivity index is 1.74. The van der Waals surface area contributed by atoms with Gasteiger partial charge in [0, 0.05) is 37.1 Å². The minimum absolute atomic E-state index is 0.0837. The summed E-state index contributed by atoms with van der Waals surface area (Å²) in [6, 6.07) is 5.38. The van der Waals surface area contributed by atoms with Crippen LogP contribution in [0.5, 0.6) is 0 Å². The zero-order chi connectivity index (χ0) is 15.0. The number of piperazine rings is 1. The fourth-order valence-electron chi connectivity index (χ4n) is 2.48. The van der Waals surface area contributed by atoms with Crippen LogP contribution in [0.2, 0.25) is 0 Å². The van der Waals surface area contributed by atoms with Crippen molar-refractivity contribution in [2.75, 3.05) is 32.4 Å². The second-order valence-corrected chi connectivity index (χ2v) is 7.11. The van der Waals surface area contributed by atoms with Gasteiger partial charge in [-0.25, -0.2) is 8.42 Å². The quantitative estimate of drug-likeness (QED) is 0.863. The predicted octanol–water partition coefficient (Wildman–Crippen LogP) is 0.280. The van der Waals surface area contributed by atoms with Crippen LogP contribution in [0.25, 0.3) is 10.9 Å². The van der Waals surface area contributed by atoms with E-state index < -0.39 is 10.0 Å². The third kappa shape index (κ3) is 2.77. The van der Waals surface area contributed by atoms with E-state index in [1.165, 1.54) is 10.6 Å². The van der Waals surface area contributed by atoms with E-state index in [4.69, 9.17) is 0 Å². The fourth-order valence-corrected chi connectivity index (χ4v) is 3.30. The highest BCUT2D eigenvalue weighted by Crippen LogP contribution is 2.16. The number of H-pyrrole nitrogens is 1. The van der Waals surface area contributed by atoms with Crippen LogP contribution in [-0.2, 0) is 10.0 Å². The molecule has 2 heterocycles. The Morgan fingerprint density at radius 3 is 2.62 bits per heavy atom. The Labute approximate surface area is 122 Å². The molecule has 8 heteroatoms. The Bertz CT molecular complexity index is 776. The lowest BCUT2D eigenvalue weighted by atomic mass is 10.1. The lowest BCUT2D eigenvalue weighted by molar-refractivity contribution is 0.0698. The van der Waals surface area contributed by atoms with Gasteiger partial charge in [0.2, 0.25) is 10.0 Å². The van der Waals surface area contributed by atoms with E-state index in [1.807, 2.05) is 6.07 Å². The Morgan fingerprint density at radius 1 is 1.24 bits per heavy atom. The summed E-state index contributed by atoms with van der Waals surface area (Å²) in [6.45, 7) is 1.51. The first-order chi connectivity index (χ1) is 9.95. The molecule has 0 aliphatic carbocycles. The summed E-state index contributed by atoms with van der Waals surface area (Å²) in [4.78, 5) is 14.1. The van der Waals surface area contributed by atoms with Gasteiger partial charge in [0.15, 0.2) is 0 Å². The molecule has 3 rings (SSSR count). The molecule has 0 atom stereocenters. The number of amides is 1. The molecule has 1 fully saturated rings. The van der Waals surface area contributed by atoms with E-state index in [0.29, 0.717) is 31.7 Å². The van der Waals surface area contributed by atoms with Crippen LogP contribution in [0.3, 0.4) is 0 Å². The molecular weight excluding hydrogens is 292 g/mol. The fraction of sp³-hybridized carbons (Fsp3) is 0.385. The number of nitrogens with zero attached hydrogens (tertiary/aromatic N) is 3. The number of nitrogens with one attached hydrogen (secondary N) is 1. The predicted molar refractivity (Wildman–Crippen MR) is 78.4 cm³/mol. The zero-order valence-corrected chi connectivity index (χ0v) is 12.4. The molecule has 0 saturated carbocycles. The molecular formula is C13H16N4O3S. The largest absolute Gasteiger partial charge is 0.336 e. The van der Waals surface area contributed by atoms with E-state index in [-0.39, 0.29) is 5.91 Å². The van der Waals surface area contributed by atoms with Gasteiger partial charge in [0.05, 0.1) is 18.0 Å². The minimum atomic E-state index is -3.18. The number of hydrogen-bond donors (Lipinski definition) is 1. The SMILES string of the molecule is CS(=O)(=O)N1CCN(C(=O)c2ccc3cn[nH]c3c2)CC1. The monoisotopic (exact) mass is 308 g/mol. The average Bonchev–Trinajstić information content (AvgIpc) is 2.93. The molecule has 0 bridgehead atoms. The molecule has 1 aromatic heterocycles. The maximum absolute atomic E-state index is 12.4. The smallest absolute Gasteiger partial charge is 0.254 e. The van der Waals surface area contributed by atoms with Crippen molar-refractivity contribution in [1.29, 1.82) is 0 Å². The highest BCUT2D eigenvalue weighted by molar-refractivity contribution is 7.88. The summed E-state index contributed by atoms with van der Waals surface area (Å²) in [6.07, 6.45) is 2.89. The molecule has 1 aliphatic heterocycles. The molecule has 1 amide bonds. The summed E-state index contributed by atoms with van der Waals surface area (Å²) < 4.78 is 24.3. The van der Waals surface area contributed by atoms with Crippen molar-refractivity contribution in [2.24, 2.45) is 0 Å². The van der Waals surface area contributed by atoms with Crippen LogP contribution in [-0.4, -0.2) is 66.2 Å². The maximum Gasteiger partial charge on any atom is 0.254 e. The van der Waals surface area contributed by atoms with Gasteiger partial charge in [-0.2, -0.15) is 9.40 Å². The summed E-state index contributed by atoms with van der Waals surface area (Å²) in [7, 11) is -3.18. The summed E-state index contributed by atoms with van der Waals surface area (Å²) in [5.41, 5.74) is 1.40. The van der Waals surface area contributed by atoms with Gasteiger partial charge >= 0.3 is 0 Å². The van der Waals surface area contributed by atoms with Gasteiger partial charge in [0.1, 0.15) is 0 Å². The highest BCUT2D eigenvalue weighted by Gasteiger charge is 2.26. The molecule has 2 aromatic rings. The van der Waals surface area contributed by atoms with E-state index in [2.05, 4.69) is 10.2 Å². The summed E-state index contributed by atoms with van der Waals surface area (Å²) in [5.74, 6) is -0.0837. The summed E-state index contributed by atoms with van der Waals surface area (Å²) >= 11 is 0. The Hall–Kier alpha value is -1.93. The van der Waals surface area contributed by atoms with E-state index in [0.717, 1.165) is 10.9 Å². The van der Waals surface area contributed by atoms with Crippen molar-refractivity contribution in [2.45, 2.75) is 0 Å².